The Balaban J connectivity index is 2.89. The van der Waals surface area contributed by atoms with Gasteiger partial charge in [-0.05, 0) is 36.8 Å². The summed E-state index contributed by atoms with van der Waals surface area (Å²) in [5.41, 5.74) is -0.219. The summed E-state index contributed by atoms with van der Waals surface area (Å²) < 4.78 is 27.2. The van der Waals surface area contributed by atoms with Crippen LogP contribution in [-0.4, -0.2) is 26.7 Å². The molecule has 0 bridgehead atoms. The molecule has 0 saturated carbocycles. The molecule has 0 aromatic heterocycles. The van der Waals surface area contributed by atoms with Crippen molar-refractivity contribution in [3.63, 3.8) is 0 Å². The third-order valence-corrected chi connectivity index (χ3v) is 5.81. The Kier molecular flexibility index (Phi) is 6.45. The molecule has 1 aromatic rings. The number of sulfonamides is 1. The number of halogens is 1. The Morgan fingerprint density at radius 3 is 2.35 bits per heavy atom. The van der Waals surface area contributed by atoms with E-state index in [4.69, 9.17) is 16.7 Å². The first-order chi connectivity index (χ1) is 9.40. The maximum Gasteiger partial charge on any atom is 0.242 e. The van der Waals surface area contributed by atoms with E-state index < -0.39 is 10.0 Å². The monoisotopic (exact) mass is 319 g/mol. The minimum Gasteiger partial charge on any atom is -0.396 e. The summed E-state index contributed by atoms with van der Waals surface area (Å²) in [4.78, 5) is 0.0896. The van der Waals surface area contributed by atoms with E-state index in [9.17, 15) is 8.42 Å². The fourth-order valence-corrected chi connectivity index (χ4v) is 3.84. The topological polar surface area (TPSA) is 66.4 Å². The van der Waals surface area contributed by atoms with Crippen LogP contribution < -0.4 is 4.72 Å². The summed E-state index contributed by atoms with van der Waals surface area (Å²) in [5.74, 6) is 0. The highest BCUT2D eigenvalue weighted by atomic mass is 35.5. The van der Waals surface area contributed by atoms with Crippen LogP contribution in [0.1, 0.15) is 33.1 Å². The Hall–Kier alpha value is -0.620. The Labute approximate surface area is 126 Å². The van der Waals surface area contributed by atoms with Gasteiger partial charge in [0.15, 0.2) is 0 Å². The average molecular weight is 320 g/mol. The molecule has 0 spiro atoms. The maximum atomic E-state index is 12.3. The maximum absolute atomic E-state index is 12.3. The molecule has 0 atom stereocenters. The lowest BCUT2D eigenvalue weighted by Crippen LogP contribution is -2.37. The molecule has 0 aliphatic carbocycles. The number of aliphatic hydroxyl groups excluding tert-OH is 1. The number of benzene rings is 1. The molecule has 1 aromatic carbocycles. The smallest absolute Gasteiger partial charge is 0.242 e. The predicted molar refractivity (Wildman–Crippen MR) is 81.4 cm³/mol. The third-order valence-electron chi connectivity index (χ3n) is 3.91. The molecule has 0 radical (unpaired) electrons. The molecule has 0 aliphatic heterocycles. The zero-order chi connectivity index (χ0) is 15.2. The molecule has 0 saturated heterocycles. The largest absolute Gasteiger partial charge is 0.396 e. The van der Waals surface area contributed by atoms with Crippen molar-refractivity contribution >= 4 is 21.6 Å². The molecule has 0 amide bonds. The van der Waals surface area contributed by atoms with E-state index in [1.807, 2.05) is 13.8 Å². The molecular formula is C14H22ClNO3S. The number of aliphatic hydroxyl groups is 1. The van der Waals surface area contributed by atoms with Crippen LogP contribution in [0.2, 0.25) is 5.02 Å². The van der Waals surface area contributed by atoms with Crippen LogP contribution >= 0.6 is 11.6 Å². The van der Waals surface area contributed by atoms with Gasteiger partial charge >= 0.3 is 0 Å². The van der Waals surface area contributed by atoms with Gasteiger partial charge in [-0.15, -0.1) is 0 Å². The van der Waals surface area contributed by atoms with Crippen LogP contribution in [0.3, 0.4) is 0 Å². The summed E-state index contributed by atoms with van der Waals surface area (Å²) in [7, 11) is -3.63. The minimum atomic E-state index is -3.63. The number of nitrogens with one attached hydrogen (secondary N) is 1. The summed E-state index contributed by atoms with van der Waals surface area (Å²) in [6, 6.07) is 6.36. The SMILES string of the molecule is CCC(CC)(CCO)CNS(=O)(=O)c1ccccc1Cl. The van der Waals surface area contributed by atoms with Crippen LogP contribution in [-0.2, 0) is 10.0 Å². The van der Waals surface area contributed by atoms with Gasteiger partial charge in [0, 0.05) is 13.2 Å². The van der Waals surface area contributed by atoms with E-state index in [0.29, 0.717) is 13.0 Å². The fourth-order valence-electron chi connectivity index (χ4n) is 2.17. The summed E-state index contributed by atoms with van der Waals surface area (Å²) in [6.45, 7) is 4.36. The number of hydrogen-bond acceptors (Lipinski definition) is 3. The average Bonchev–Trinajstić information content (AvgIpc) is 2.44. The second-order valence-corrected chi connectivity index (χ2v) is 7.08. The van der Waals surface area contributed by atoms with E-state index in [1.54, 1.807) is 18.2 Å². The summed E-state index contributed by atoms with van der Waals surface area (Å²) >= 11 is 5.93. The molecule has 1 rings (SSSR count). The quantitative estimate of drug-likeness (QED) is 0.774. The van der Waals surface area contributed by atoms with Gasteiger partial charge in [0.25, 0.3) is 0 Å². The Morgan fingerprint density at radius 1 is 1.25 bits per heavy atom. The normalized spacial score (nSPS) is 12.6. The molecule has 2 N–H and O–H groups in total. The molecule has 0 heterocycles. The lowest BCUT2D eigenvalue weighted by molar-refractivity contribution is 0.170. The summed E-state index contributed by atoms with van der Waals surface area (Å²) in [5, 5.41) is 9.37. The molecular weight excluding hydrogens is 298 g/mol. The first-order valence-corrected chi connectivity index (χ1v) is 8.62. The van der Waals surface area contributed by atoms with Gasteiger partial charge in [0.1, 0.15) is 4.90 Å². The lowest BCUT2D eigenvalue weighted by atomic mass is 9.80. The molecule has 114 valence electrons. The van der Waals surface area contributed by atoms with Crippen molar-refractivity contribution in [2.24, 2.45) is 5.41 Å². The van der Waals surface area contributed by atoms with Crippen LogP contribution in [0.5, 0.6) is 0 Å². The fraction of sp³-hybridized carbons (Fsp3) is 0.571. The Morgan fingerprint density at radius 2 is 1.85 bits per heavy atom. The second-order valence-electron chi connectivity index (χ2n) is 4.94. The molecule has 0 unspecified atom stereocenters. The summed E-state index contributed by atoms with van der Waals surface area (Å²) in [6.07, 6.45) is 2.18. The van der Waals surface area contributed by atoms with Crippen LogP contribution in [0.4, 0.5) is 0 Å². The number of rotatable bonds is 8. The van der Waals surface area contributed by atoms with Gasteiger partial charge < -0.3 is 5.11 Å². The first kappa shape index (κ1) is 17.4. The van der Waals surface area contributed by atoms with Gasteiger partial charge in [-0.2, -0.15) is 0 Å². The zero-order valence-electron chi connectivity index (χ0n) is 11.9. The molecule has 20 heavy (non-hydrogen) atoms. The van der Waals surface area contributed by atoms with Crippen LogP contribution in [0.15, 0.2) is 29.2 Å². The van der Waals surface area contributed by atoms with Crippen molar-refractivity contribution < 1.29 is 13.5 Å². The van der Waals surface area contributed by atoms with Crippen molar-refractivity contribution in [2.45, 2.75) is 38.0 Å². The predicted octanol–water partition coefficient (Wildman–Crippen LogP) is 2.81. The third kappa shape index (κ3) is 4.19. The van der Waals surface area contributed by atoms with Gasteiger partial charge in [-0.25, -0.2) is 13.1 Å². The standard InChI is InChI=1S/C14H22ClNO3S/c1-3-14(4-2,9-10-17)11-16-20(18,19)13-8-6-5-7-12(13)15/h5-8,16-17H,3-4,9-11H2,1-2H3. The molecule has 0 fully saturated rings. The van der Waals surface area contributed by atoms with Crippen LogP contribution in [0, 0.1) is 5.41 Å². The first-order valence-electron chi connectivity index (χ1n) is 6.76. The van der Waals surface area contributed by atoms with E-state index in [2.05, 4.69) is 4.72 Å². The highest BCUT2D eigenvalue weighted by molar-refractivity contribution is 7.89. The molecule has 0 aliphatic rings. The van der Waals surface area contributed by atoms with Crippen molar-refractivity contribution in [3.8, 4) is 0 Å². The van der Waals surface area contributed by atoms with Crippen molar-refractivity contribution in [1.82, 2.24) is 4.72 Å². The highest BCUT2D eigenvalue weighted by Gasteiger charge is 2.28. The highest BCUT2D eigenvalue weighted by Crippen LogP contribution is 2.30. The van der Waals surface area contributed by atoms with Gasteiger partial charge in [0.05, 0.1) is 5.02 Å². The second kappa shape index (κ2) is 7.41. The van der Waals surface area contributed by atoms with Gasteiger partial charge in [0.2, 0.25) is 10.0 Å². The minimum absolute atomic E-state index is 0.0511. The van der Waals surface area contributed by atoms with Crippen LogP contribution in [0.25, 0.3) is 0 Å². The van der Waals surface area contributed by atoms with Crippen molar-refractivity contribution in [2.75, 3.05) is 13.2 Å². The van der Waals surface area contributed by atoms with Gasteiger partial charge in [-0.1, -0.05) is 37.6 Å². The lowest BCUT2D eigenvalue weighted by Gasteiger charge is -2.31. The molecule has 4 nitrogen and oxygen atoms in total. The van der Waals surface area contributed by atoms with Gasteiger partial charge in [-0.3, -0.25) is 0 Å². The molecule has 6 heteroatoms. The van der Waals surface area contributed by atoms with E-state index in [1.165, 1.54) is 6.07 Å². The zero-order valence-corrected chi connectivity index (χ0v) is 13.5. The number of hydrogen-bond donors (Lipinski definition) is 2. The van der Waals surface area contributed by atoms with Crippen molar-refractivity contribution in [3.05, 3.63) is 29.3 Å². The van der Waals surface area contributed by atoms with Crippen molar-refractivity contribution in [1.29, 1.82) is 0 Å². The van der Waals surface area contributed by atoms with E-state index >= 15 is 0 Å². The Bertz CT molecular complexity index is 527. The van der Waals surface area contributed by atoms with E-state index in [-0.39, 0.29) is 21.9 Å². The van der Waals surface area contributed by atoms with E-state index in [0.717, 1.165) is 12.8 Å².